The fourth-order valence-corrected chi connectivity index (χ4v) is 2.66. The summed E-state index contributed by atoms with van der Waals surface area (Å²) in [6.07, 6.45) is 0. The topological polar surface area (TPSA) is 67.8 Å². The Balaban J connectivity index is 2.05. The molecule has 19 heavy (non-hydrogen) atoms. The summed E-state index contributed by atoms with van der Waals surface area (Å²) in [5.74, 6) is 1.03. The minimum absolute atomic E-state index is 0.429. The van der Waals surface area contributed by atoms with Crippen molar-refractivity contribution in [2.45, 2.75) is 17.4 Å². The molecular formula is C13H17NO4S. The van der Waals surface area contributed by atoms with Gasteiger partial charge in [0.15, 0.2) is 11.5 Å². The molecule has 1 aromatic carbocycles. The molecule has 1 unspecified atom stereocenters. The molecule has 2 N–H and O–H groups in total. The predicted molar refractivity (Wildman–Crippen MR) is 73.3 cm³/mol. The highest BCUT2D eigenvalue weighted by atomic mass is 32.2. The maximum atomic E-state index is 11.2. The number of rotatable bonds is 5. The second kappa shape index (κ2) is 5.71. The van der Waals surface area contributed by atoms with Crippen LogP contribution >= 0.6 is 11.8 Å². The van der Waals surface area contributed by atoms with E-state index in [1.807, 2.05) is 18.2 Å². The zero-order chi connectivity index (χ0) is 13.9. The molecule has 0 saturated heterocycles. The van der Waals surface area contributed by atoms with Crippen LogP contribution in [0.4, 0.5) is 0 Å². The lowest BCUT2D eigenvalue weighted by Gasteiger charge is -2.24. The Hall–Kier alpha value is -1.40. The molecule has 5 nitrogen and oxygen atoms in total. The zero-order valence-electron chi connectivity index (χ0n) is 10.9. The van der Waals surface area contributed by atoms with E-state index < -0.39 is 11.5 Å². The Morgan fingerprint density at radius 2 is 2.11 bits per heavy atom. The van der Waals surface area contributed by atoms with E-state index in [0.29, 0.717) is 19.0 Å². The molecule has 0 spiro atoms. The second-order valence-electron chi connectivity index (χ2n) is 4.48. The highest BCUT2D eigenvalue weighted by molar-refractivity contribution is 7.99. The lowest BCUT2D eigenvalue weighted by molar-refractivity contribution is -0.142. The number of likely N-dealkylation sites (N-methyl/N-ethyl adjacent to an activating group) is 1. The Kier molecular flexibility index (Phi) is 4.21. The number of aliphatic carboxylic acids is 1. The van der Waals surface area contributed by atoms with Crippen LogP contribution < -0.4 is 14.8 Å². The number of hydrogen-bond acceptors (Lipinski definition) is 5. The van der Waals surface area contributed by atoms with Gasteiger partial charge < -0.3 is 19.9 Å². The van der Waals surface area contributed by atoms with Gasteiger partial charge in [0.05, 0.1) is 0 Å². The first-order chi connectivity index (χ1) is 9.05. The first-order valence-electron chi connectivity index (χ1n) is 6.00. The summed E-state index contributed by atoms with van der Waals surface area (Å²) < 4.78 is 10.9. The molecule has 1 atom stereocenters. The third kappa shape index (κ3) is 3.13. The highest BCUT2D eigenvalue weighted by Crippen LogP contribution is 2.34. The minimum atomic E-state index is -0.947. The number of carboxylic acid groups (broad SMARTS) is 1. The summed E-state index contributed by atoms with van der Waals surface area (Å²) in [6, 6.07) is 5.65. The number of benzene rings is 1. The molecule has 0 fully saturated rings. The van der Waals surface area contributed by atoms with E-state index in [9.17, 15) is 9.90 Å². The van der Waals surface area contributed by atoms with Crippen LogP contribution in [0.2, 0.25) is 0 Å². The van der Waals surface area contributed by atoms with Crippen LogP contribution in [-0.2, 0) is 4.79 Å². The van der Waals surface area contributed by atoms with Gasteiger partial charge in [-0.3, -0.25) is 4.79 Å². The van der Waals surface area contributed by atoms with Gasteiger partial charge in [-0.05, 0) is 32.2 Å². The van der Waals surface area contributed by atoms with Crippen molar-refractivity contribution in [2.24, 2.45) is 0 Å². The third-order valence-electron chi connectivity index (χ3n) is 3.06. The Bertz CT molecular complexity index is 480. The summed E-state index contributed by atoms with van der Waals surface area (Å²) in [6.45, 7) is 2.78. The van der Waals surface area contributed by atoms with E-state index in [-0.39, 0.29) is 0 Å². The fraction of sp³-hybridized carbons (Fsp3) is 0.462. The van der Waals surface area contributed by atoms with Gasteiger partial charge in [0.25, 0.3) is 0 Å². The number of carbonyl (C=O) groups is 1. The van der Waals surface area contributed by atoms with Gasteiger partial charge in [0.1, 0.15) is 18.8 Å². The van der Waals surface area contributed by atoms with E-state index in [0.717, 1.165) is 16.4 Å². The number of fused-ring (bicyclic) bond motifs is 1. The Labute approximate surface area is 116 Å². The van der Waals surface area contributed by atoms with Crippen LogP contribution in [0.3, 0.4) is 0 Å². The monoisotopic (exact) mass is 283 g/mol. The summed E-state index contributed by atoms with van der Waals surface area (Å²) in [4.78, 5) is 12.2. The standard InChI is InChI=1S/C13H17NO4S/c1-13(14-2,12(15)16)8-19-9-3-4-10-11(7-9)18-6-5-17-10/h3-4,7,14H,5-6,8H2,1-2H3,(H,15,16). The van der Waals surface area contributed by atoms with Crippen LogP contribution in [0.1, 0.15) is 6.92 Å². The molecule has 0 bridgehead atoms. The van der Waals surface area contributed by atoms with Crippen molar-refractivity contribution in [3.8, 4) is 11.5 Å². The number of thioether (sulfide) groups is 1. The van der Waals surface area contributed by atoms with Crippen molar-refractivity contribution in [1.29, 1.82) is 0 Å². The van der Waals surface area contributed by atoms with Gasteiger partial charge in [0.2, 0.25) is 0 Å². The quantitative estimate of drug-likeness (QED) is 0.800. The largest absolute Gasteiger partial charge is 0.486 e. The van der Waals surface area contributed by atoms with Crippen LogP contribution in [-0.4, -0.2) is 42.6 Å². The molecule has 104 valence electrons. The average molecular weight is 283 g/mol. The number of carboxylic acids is 1. The Morgan fingerprint density at radius 3 is 2.74 bits per heavy atom. The summed E-state index contributed by atoms with van der Waals surface area (Å²) in [7, 11) is 1.65. The van der Waals surface area contributed by atoms with Crippen molar-refractivity contribution in [1.82, 2.24) is 5.32 Å². The fourth-order valence-electron chi connectivity index (χ4n) is 1.58. The molecule has 1 aliphatic rings. The van der Waals surface area contributed by atoms with Crippen molar-refractivity contribution >= 4 is 17.7 Å². The predicted octanol–water partition coefficient (Wildman–Crippen LogP) is 1.61. The number of ether oxygens (including phenoxy) is 2. The van der Waals surface area contributed by atoms with Crippen molar-refractivity contribution in [3.63, 3.8) is 0 Å². The highest BCUT2D eigenvalue weighted by Gasteiger charge is 2.31. The summed E-state index contributed by atoms with van der Waals surface area (Å²) in [5, 5.41) is 12.0. The van der Waals surface area contributed by atoms with E-state index in [1.54, 1.807) is 14.0 Å². The van der Waals surface area contributed by atoms with Crippen LogP contribution in [0, 0.1) is 0 Å². The minimum Gasteiger partial charge on any atom is -0.486 e. The second-order valence-corrected chi connectivity index (χ2v) is 5.53. The van der Waals surface area contributed by atoms with E-state index in [4.69, 9.17) is 9.47 Å². The average Bonchev–Trinajstić information content (AvgIpc) is 2.44. The first-order valence-corrected chi connectivity index (χ1v) is 6.98. The molecule has 0 amide bonds. The normalized spacial score (nSPS) is 16.7. The van der Waals surface area contributed by atoms with Gasteiger partial charge in [-0.15, -0.1) is 11.8 Å². The third-order valence-corrected chi connectivity index (χ3v) is 4.37. The van der Waals surface area contributed by atoms with Crippen molar-refractivity contribution in [3.05, 3.63) is 18.2 Å². The molecule has 0 saturated carbocycles. The van der Waals surface area contributed by atoms with E-state index in [2.05, 4.69) is 5.32 Å². The summed E-state index contributed by atoms with van der Waals surface area (Å²) in [5.41, 5.74) is -0.947. The molecule has 1 aromatic rings. The zero-order valence-corrected chi connectivity index (χ0v) is 11.8. The van der Waals surface area contributed by atoms with Crippen LogP contribution in [0.5, 0.6) is 11.5 Å². The van der Waals surface area contributed by atoms with E-state index >= 15 is 0 Å². The molecule has 2 rings (SSSR count). The maximum Gasteiger partial charge on any atom is 0.324 e. The maximum absolute atomic E-state index is 11.2. The lowest BCUT2D eigenvalue weighted by Crippen LogP contribution is -2.49. The Morgan fingerprint density at radius 1 is 1.42 bits per heavy atom. The molecule has 6 heteroatoms. The molecule has 1 heterocycles. The van der Waals surface area contributed by atoms with Crippen molar-refractivity contribution in [2.75, 3.05) is 26.0 Å². The molecule has 1 aliphatic heterocycles. The molecule has 0 aromatic heterocycles. The number of hydrogen-bond donors (Lipinski definition) is 2. The first kappa shape index (κ1) is 14.0. The van der Waals surface area contributed by atoms with E-state index in [1.165, 1.54) is 11.8 Å². The SMILES string of the molecule is CNC(C)(CSc1ccc2c(c1)OCCO2)C(=O)O. The van der Waals surface area contributed by atoms with Gasteiger partial charge in [-0.1, -0.05) is 0 Å². The molecular weight excluding hydrogens is 266 g/mol. The van der Waals surface area contributed by atoms with Crippen LogP contribution in [0.15, 0.2) is 23.1 Å². The van der Waals surface area contributed by atoms with Gasteiger partial charge in [-0.25, -0.2) is 0 Å². The number of nitrogens with one attached hydrogen (secondary N) is 1. The van der Waals surface area contributed by atoms with Crippen molar-refractivity contribution < 1.29 is 19.4 Å². The van der Waals surface area contributed by atoms with Gasteiger partial charge >= 0.3 is 5.97 Å². The van der Waals surface area contributed by atoms with Crippen LogP contribution in [0.25, 0.3) is 0 Å². The lowest BCUT2D eigenvalue weighted by atomic mass is 10.1. The van der Waals surface area contributed by atoms with Gasteiger partial charge in [0, 0.05) is 10.6 Å². The molecule has 0 radical (unpaired) electrons. The summed E-state index contributed by atoms with van der Waals surface area (Å²) >= 11 is 1.47. The van der Waals surface area contributed by atoms with Gasteiger partial charge in [-0.2, -0.15) is 0 Å². The molecule has 0 aliphatic carbocycles. The smallest absolute Gasteiger partial charge is 0.324 e.